The number of carbonyl (C=O) groups is 2. The van der Waals surface area contributed by atoms with Gasteiger partial charge in [-0.2, -0.15) is 0 Å². The highest BCUT2D eigenvalue weighted by molar-refractivity contribution is 6.31. The molecule has 1 rings (SSSR count). The van der Waals surface area contributed by atoms with Crippen molar-refractivity contribution in [2.24, 2.45) is 0 Å². The van der Waals surface area contributed by atoms with Gasteiger partial charge in [-0.05, 0) is 24.6 Å². The Labute approximate surface area is 129 Å². The molecule has 0 fully saturated rings. The number of amides is 1. The first-order valence-electron chi connectivity index (χ1n) is 6.61. The lowest BCUT2D eigenvalue weighted by Crippen LogP contribution is -2.36. The van der Waals surface area contributed by atoms with Crippen LogP contribution >= 0.6 is 11.6 Å². The summed E-state index contributed by atoms with van der Waals surface area (Å²) in [4.78, 5) is 25.4. The Morgan fingerprint density at radius 1 is 1.24 bits per heavy atom. The molecule has 0 bridgehead atoms. The Morgan fingerprint density at radius 3 is 2.57 bits per heavy atom. The van der Waals surface area contributed by atoms with Crippen molar-refractivity contribution in [2.45, 2.75) is 13.3 Å². The molecule has 0 aliphatic carbocycles. The molecule has 116 valence electrons. The van der Waals surface area contributed by atoms with Crippen molar-refractivity contribution in [1.29, 1.82) is 0 Å². The van der Waals surface area contributed by atoms with E-state index in [9.17, 15) is 9.59 Å². The summed E-state index contributed by atoms with van der Waals surface area (Å²) >= 11 is 6.05. The zero-order chi connectivity index (χ0) is 15.8. The van der Waals surface area contributed by atoms with Crippen LogP contribution < -0.4 is 0 Å². The van der Waals surface area contributed by atoms with Crippen LogP contribution in [-0.2, 0) is 14.3 Å². The molecule has 1 aromatic rings. The van der Waals surface area contributed by atoms with Crippen LogP contribution in [0.2, 0.25) is 5.02 Å². The van der Waals surface area contributed by atoms with Crippen molar-refractivity contribution < 1.29 is 19.1 Å². The molecule has 5 nitrogen and oxygen atoms in total. The fourth-order valence-electron chi connectivity index (χ4n) is 1.85. The van der Waals surface area contributed by atoms with E-state index in [1.807, 2.05) is 0 Å². The summed E-state index contributed by atoms with van der Waals surface area (Å²) in [5, 5.41) is 0.542. The first-order chi connectivity index (χ1) is 10.0. The van der Waals surface area contributed by atoms with Gasteiger partial charge in [-0.3, -0.25) is 9.59 Å². The predicted molar refractivity (Wildman–Crippen MR) is 80.6 cm³/mol. The minimum absolute atomic E-state index is 0.144. The van der Waals surface area contributed by atoms with E-state index in [1.54, 1.807) is 37.1 Å². The number of ether oxygens (including phenoxy) is 2. The van der Waals surface area contributed by atoms with Crippen LogP contribution in [0.15, 0.2) is 18.2 Å². The average Bonchev–Trinajstić information content (AvgIpc) is 2.49. The van der Waals surface area contributed by atoms with Crippen molar-refractivity contribution in [2.75, 3.05) is 33.9 Å². The number of esters is 1. The second-order valence-electron chi connectivity index (χ2n) is 4.52. The fourth-order valence-corrected chi connectivity index (χ4v) is 2.03. The molecule has 0 atom stereocenters. The van der Waals surface area contributed by atoms with Gasteiger partial charge in [0, 0.05) is 30.8 Å². The maximum Gasteiger partial charge on any atom is 0.307 e. The summed E-state index contributed by atoms with van der Waals surface area (Å²) in [6.07, 6.45) is 0.144. The van der Waals surface area contributed by atoms with Crippen LogP contribution in [0.3, 0.4) is 0 Å². The highest BCUT2D eigenvalue weighted by atomic mass is 35.5. The van der Waals surface area contributed by atoms with Gasteiger partial charge in [0.15, 0.2) is 0 Å². The first-order valence-corrected chi connectivity index (χ1v) is 6.99. The third-order valence-electron chi connectivity index (χ3n) is 3.16. The van der Waals surface area contributed by atoms with Gasteiger partial charge in [-0.25, -0.2) is 0 Å². The van der Waals surface area contributed by atoms with Crippen molar-refractivity contribution in [3.05, 3.63) is 34.3 Å². The van der Waals surface area contributed by atoms with E-state index >= 15 is 0 Å². The zero-order valence-corrected chi connectivity index (χ0v) is 13.3. The van der Waals surface area contributed by atoms with E-state index in [-0.39, 0.29) is 24.8 Å². The smallest absolute Gasteiger partial charge is 0.307 e. The van der Waals surface area contributed by atoms with Crippen LogP contribution in [0.25, 0.3) is 0 Å². The molecule has 1 aromatic carbocycles. The molecular formula is C15H20ClNO4. The lowest BCUT2D eigenvalue weighted by molar-refractivity contribution is -0.140. The Balaban J connectivity index is 2.88. The third kappa shape index (κ3) is 5.02. The molecule has 0 N–H and O–H groups in total. The topological polar surface area (TPSA) is 55.8 Å². The van der Waals surface area contributed by atoms with Gasteiger partial charge >= 0.3 is 5.97 Å². The molecule has 0 aliphatic rings. The van der Waals surface area contributed by atoms with Crippen LogP contribution in [0, 0.1) is 6.92 Å². The number of halogens is 1. The van der Waals surface area contributed by atoms with E-state index in [4.69, 9.17) is 16.3 Å². The molecule has 21 heavy (non-hydrogen) atoms. The Bertz CT molecular complexity index is 504. The Hall–Kier alpha value is -1.59. The highest BCUT2D eigenvalue weighted by Crippen LogP contribution is 2.20. The maximum absolute atomic E-state index is 12.6. The van der Waals surface area contributed by atoms with Gasteiger partial charge in [0.05, 0.1) is 20.1 Å². The van der Waals surface area contributed by atoms with Crippen molar-refractivity contribution >= 4 is 23.5 Å². The normalized spacial score (nSPS) is 10.3. The third-order valence-corrected chi connectivity index (χ3v) is 3.57. The lowest BCUT2D eigenvalue weighted by Gasteiger charge is -2.23. The van der Waals surface area contributed by atoms with Crippen LogP contribution in [0.1, 0.15) is 22.3 Å². The largest absolute Gasteiger partial charge is 0.469 e. The Morgan fingerprint density at radius 2 is 1.95 bits per heavy atom. The minimum atomic E-state index is -0.354. The summed E-state index contributed by atoms with van der Waals surface area (Å²) in [6.45, 7) is 2.87. The Kier molecular flexibility index (Phi) is 7.19. The van der Waals surface area contributed by atoms with Crippen molar-refractivity contribution in [3.63, 3.8) is 0 Å². The first kappa shape index (κ1) is 17.5. The predicted octanol–water partition coefficient (Wildman–Crippen LogP) is 2.30. The number of rotatable bonds is 7. The minimum Gasteiger partial charge on any atom is -0.469 e. The molecule has 0 spiro atoms. The van der Waals surface area contributed by atoms with Gasteiger partial charge < -0.3 is 14.4 Å². The van der Waals surface area contributed by atoms with Crippen molar-refractivity contribution in [3.8, 4) is 0 Å². The molecule has 0 heterocycles. The average molecular weight is 314 g/mol. The molecule has 0 saturated heterocycles. The van der Waals surface area contributed by atoms with Gasteiger partial charge in [-0.1, -0.05) is 17.7 Å². The number of hydrogen-bond acceptors (Lipinski definition) is 4. The quantitative estimate of drug-likeness (QED) is 0.725. The van der Waals surface area contributed by atoms with E-state index in [0.717, 1.165) is 5.56 Å². The SMILES string of the molecule is COCCN(CCC(=O)OC)C(=O)c1cccc(Cl)c1C. The monoisotopic (exact) mass is 313 g/mol. The van der Waals surface area contributed by atoms with Crippen LogP contribution in [0.5, 0.6) is 0 Å². The molecule has 0 radical (unpaired) electrons. The number of hydrogen-bond donors (Lipinski definition) is 0. The summed E-state index contributed by atoms with van der Waals surface area (Å²) in [6, 6.07) is 5.19. The number of carbonyl (C=O) groups excluding carboxylic acids is 2. The van der Waals surface area contributed by atoms with E-state index < -0.39 is 0 Å². The van der Waals surface area contributed by atoms with E-state index in [1.165, 1.54) is 7.11 Å². The van der Waals surface area contributed by atoms with Gasteiger partial charge in [-0.15, -0.1) is 0 Å². The molecule has 0 saturated carbocycles. The second-order valence-corrected chi connectivity index (χ2v) is 4.93. The van der Waals surface area contributed by atoms with Gasteiger partial charge in [0.1, 0.15) is 0 Å². The summed E-state index contributed by atoms with van der Waals surface area (Å²) in [7, 11) is 2.89. The number of nitrogens with zero attached hydrogens (tertiary/aromatic N) is 1. The van der Waals surface area contributed by atoms with Crippen molar-refractivity contribution in [1.82, 2.24) is 4.90 Å². The van der Waals surface area contributed by atoms with Crippen LogP contribution in [0.4, 0.5) is 0 Å². The highest BCUT2D eigenvalue weighted by Gasteiger charge is 2.19. The molecule has 6 heteroatoms. The molecule has 0 unspecified atom stereocenters. The molecule has 0 aromatic heterocycles. The van der Waals surface area contributed by atoms with E-state index in [2.05, 4.69) is 4.74 Å². The summed E-state index contributed by atoms with van der Waals surface area (Å²) < 4.78 is 9.61. The van der Waals surface area contributed by atoms with Gasteiger partial charge in [0.25, 0.3) is 5.91 Å². The standard InChI is InChI=1S/C15H20ClNO4/c1-11-12(5-4-6-13(11)16)15(19)17(9-10-20-2)8-7-14(18)21-3/h4-6H,7-10H2,1-3H3. The van der Waals surface area contributed by atoms with Gasteiger partial charge in [0.2, 0.25) is 0 Å². The molecule has 1 amide bonds. The lowest BCUT2D eigenvalue weighted by atomic mass is 10.1. The molecule has 0 aliphatic heterocycles. The number of benzene rings is 1. The maximum atomic E-state index is 12.6. The summed E-state index contributed by atoms with van der Waals surface area (Å²) in [5.74, 6) is -0.524. The summed E-state index contributed by atoms with van der Waals surface area (Å²) in [5.41, 5.74) is 1.26. The van der Waals surface area contributed by atoms with E-state index in [0.29, 0.717) is 23.7 Å². The fraction of sp³-hybridized carbons (Fsp3) is 0.467. The molecular weight excluding hydrogens is 294 g/mol. The second kappa shape index (κ2) is 8.64. The van der Waals surface area contributed by atoms with Crippen LogP contribution in [-0.4, -0.2) is 50.7 Å². The number of methoxy groups -OCH3 is 2. The zero-order valence-electron chi connectivity index (χ0n) is 12.5.